The first-order valence-electron chi connectivity index (χ1n) is 12.6. The molecule has 1 amide bonds. The topological polar surface area (TPSA) is 92.3 Å². The lowest BCUT2D eigenvalue weighted by atomic mass is 9.68. The van der Waals surface area contributed by atoms with Gasteiger partial charge in [-0.05, 0) is 72.2 Å². The van der Waals surface area contributed by atoms with Gasteiger partial charge in [0.25, 0.3) is 0 Å². The van der Waals surface area contributed by atoms with E-state index >= 15 is 0 Å². The Morgan fingerprint density at radius 1 is 1.11 bits per heavy atom. The van der Waals surface area contributed by atoms with Crippen LogP contribution in [0.2, 0.25) is 0 Å². The Morgan fingerprint density at radius 2 is 1.76 bits per heavy atom. The van der Waals surface area contributed by atoms with Crippen molar-refractivity contribution in [1.82, 2.24) is 14.5 Å². The third-order valence-corrected chi connectivity index (χ3v) is 10.4. The van der Waals surface area contributed by atoms with Gasteiger partial charge < -0.3 is 5.32 Å². The van der Waals surface area contributed by atoms with Crippen molar-refractivity contribution in [3.8, 4) is 11.3 Å². The van der Waals surface area contributed by atoms with Crippen LogP contribution in [0.5, 0.6) is 0 Å². The monoisotopic (exact) mass is 540 g/mol. The first kappa shape index (κ1) is 26.4. The quantitative estimate of drug-likeness (QED) is 0.442. The second-order valence-corrected chi connectivity index (χ2v) is 12.6. The summed E-state index contributed by atoms with van der Waals surface area (Å²) in [5.74, 6) is -1.59. The molecule has 0 radical (unpaired) electrons. The zero-order valence-electron chi connectivity index (χ0n) is 21.8. The van der Waals surface area contributed by atoms with Gasteiger partial charge in [-0.3, -0.25) is 4.79 Å². The van der Waals surface area contributed by atoms with Crippen LogP contribution in [0.15, 0.2) is 53.4 Å². The number of likely N-dealkylation sites (N-methyl/N-ethyl adjacent to an activating group) is 1. The van der Waals surface area contributed by atoms with E-state index in [1.54, 1.807) is 25.1 Å². The van der Waals surface area contributed by atoms with Crippen LogP contribution in [0.25, 0.3) is 11.3 Å². The fourth-order valence-electron chi connectivity index (χ4n) is 6.37. The summed E-state index contributed by atoms with van der Waals surface area (Å²) in [6, 6.07) is 11.5. The third-order valence-electron chi connectivity index (χ3n) is 8.45. The van der Waals surface area contributed by atoms with Crippen LogP contribution < -0.4 is 5.32 Å². The average molecular weight is 541 g/mol. The Morgan fingerprint density at radius 3 is 2.37 bits per heavy atom. The Balaban J connectivity index is 1.53. The molecule has 1 aromatic heterocycles. The molecule has 1 heterocycles. The van der Waals surface area contributed by atoms with E-state index in [0.717, 1.165) is 18.4 Å². The molecule has 1 N–H and O–H groups in total. The maximum absolute atomic E-state index is 14.5. The highest BCUT2D eigenvalue weighted by Crippen LogP contribution is 2.67. The van der Waals surface area contributed by atoms with Gasteiger partial charge >= 0.3 is 0 Å². The summed E-state index contributed by atoms with van der Waals surface area (Å²) in [6.07, 6.45) is 1.54. The number of fused-ring (bicyclic) bond motifs is 5. The van der Waals surface area contributed by atoms with E-state index in [1.165, 1.54) is 41.6 Å². The van der Waals surface area contributed by atoms with Crippen LogP contribution >= 0.6 is 0 Å². The largest absolute Gasteiger partial charge is 0.326 e. The molecule has 200 valence electrons. The van der Waals surface area contributed by atoms with Gasteiger partial charge in [-0.2, -0.15) is 14.5 Å². The maximum Gasteiger partial charge on any atom is 0.243 e. The molecule has 5 rings (SSSR count). The number of hydrogen-bond donors (Lipinski definition) is 1. The molecule has 2 aliphatic rings. The van der Waals surface area contributed by atoms with E-state index < -0.39 is 27.1 Å². The second-order valence-electron chi connectivity index (χ2n) is 10.7. The third kappa shape index (κ3) is 3.92. The molecule has 1 fully saturated rings. The molecule has 2 bridgehead atoms. The Kier molecular flexibility index (Phi) is 6.38. The second kappa shape index (κ2) is 9.20. The smallest absolute Gasteiger partial charge is 0.243 e. The van der Waals surface area contributed by atoms with Gasteiger partial charge in [-0.1, -0.05) is 26.8 Å². The molecule has 7 nitrogen and oxygen atoms in total. The van der Waals surface area contributed by atoms with Crippen molar-refractivity contribution in [3.05, 3.63) is 71.4 Å². The lowest BCUT2D eigenvalue weighted by Crippen LogP contribution is -2.48. The molecule has 0 spiro atoms. The summed E-state index contributed by atoms with van der Waals surface area (Å²) in [7, 11) is -3.86. The molecule has 1 saturated carbocycles. The van der Waals surface area contributed by atoms with Crippen molar-refractivity contribution in [2.45, 2.75) is 56.8 Å². The molecule has 2 aromatic carbocycles. The molecular formula is C28H30F2N4O3S. The van der Waals surface area contributed by atoms with Crippen molar-refractivity contribution in [2.75, 3.05) is 18.4 Å². The number of benzene rings is 2. The van der Waals surface area contributed by atoms with E-state index in [1.807, 2.05) is 0 Å². The van der Waals surface area contributed by atoms with Crippen LogP contribution in [0, 0.1) is 17.0 Å². The minimum atomic E-state index is -3.86. The van der Waals surface area contributed by atoms with E-state index in [4.69, 9.17) is 0 Å². The van der Waals surface area contributed by atoms with Gasteiger partial charge in [0.1, 0.15) is 11.6 Å². The molecule has 0 saturated heterocycles. The Bertz CT molecular complexity index is 1510. The summed E-state index contributed by atoms with van der Waals surface area (Å²) < 4.78 is 57.9. The molecule has 0 aliphatic heterocycles. The van der Waals surface area contributed by atoms with Crippen molar-refractivity contribution in [3.63, 3.8) is 0 Å². The van der Waals surface area contributed by atoms with Crippen molar-refractivity contribution in [2.24, 2.45) is 5.41 Å². The molecule has 10 heteroatoms. The van der Waals surface area contributed by atoms with Crippen molar-refractivity contribution in [1.29, 1.82) is 0 Å². The Labute approximate surface area is 221 Å². The van der Waals surface area contributed by atoms with Gasteiger partial charge in [0.15, 0.2) is 0 Å². The fraction of sp³-hybridized carbons (Fsp3) is 0.393. The van der Waals surface area contributed by atoms with Gasteiger partial charge in [0, 0.05) is 31.1 Å². The Hall–Kier alpha value is -3.24. The van der Waals surface area contributed by atoms with E-state index in [0.29, 0.717) is 11.4 Å². The van der Waals surface area contributed by atoms with Gasteiger partial charge in [-0.25, -0.2) is 17.2 Å². The first-order chi connectivity index (χ1) is 17.9. The summed E-state index contributed by atoms with van der Waals surface area (Å²) >= 11 is 0. The number of nitrogens with one attached hydrogen (secondary N) is 1. The lowest BCUT2D eigenvalue weighted by Gasteiger charge is -2.41. The highest BCUT2D eigenvalue weighted by atomic mass is 32.2. The minimum Gasteiger partial charge on any atom is -0.326 e. The number of hydrogen-bond acceptors (Lipinski definition) is 5. The standard InChI is InChI=1S/C28H30F2N4O3S/c1-5-34(38(36,37)19-11-9-18(10-12-19)31-17(2)35)16-28-14-13-21(27(28,3)4)20-15-24(32-33-26(20)28)25-22(29)7-6-8-23(25)30/h6-12,15,21H,5,13-14,16H2,1-4H3,(H,31,35)/t21-,28-/m0/s1. The van der Waals surface area contributed by atoms with Gasteiger partial charge in [0.05, 0.1) is 21.8 Å². The van der Waals surface area contributed by atoms with Crippen LogP contribution in [-0.4, -0.2) is 41.9 Å². The summed E-state index contributed by atoms with van der Waals surface area (Å²) in [5.41, 5.74) is 1.06. The highest BCUT2D eigenvalue weighted by molar-refractivity contribution is 7.89. The van der Waals surface area contributed by atoms with Crippen molar-refractivity contribution >= 4 is 21.6 Å². The SMILES string of the molecule is CCN(C[C@@]12CC[C@@H](c3cc(-c4c(F)cccc4F)nnc31)C2(C)C)S(=O)(=O)c1ccc(NC(C)=O)cc1. The predicted octanol–water partition coefficient (Wildman–Crippen LogP) is 5.25. The number of carbonyl (C=O) groups is 1. The zero-order chi connectivity index (χ0) is 27.5. The fourth-order valence-corrected chi connectivity index (χ4v) is 7.88. The molecule has 3 aromatic rings. The van der Waals surface area contributed by atoms with Crippen LogP contribution in [-0.2, 0) is 20.2 Å². The number of rotatable bonds is 7. The van der Waals surface area contributed by atoms with E-state index in [-0.39, 0.29) is 46.5 Å². The maximum atomic E-state index is 14.5. The van der Waals surface area contributed by atoms with Crippen LogP contribution in [0.3, 0.4) is 0 Å². The number of anilines is 1. The van der Waals surface area contributed by atoms with Gasteiger partial charge in [-0.15, -0.1) is 0 Å². The first-order valence-corrected chi connectivity index (χ1v) is 14.1. The molecular weight excluding hydrogens is 510 g/mol. The normalized spacial score (nSPS) is 21.5. The number of sulfonamides is 1. The summed E-state index contributed by atoms with van der Waals surface area (Å²) in [4.78, 5) is 11.5. The number of aromatic nitrogens is 2. The molecule has 2 aliphatic carbocycles. The average Bonchev–Trinajstić information content (AvgIpc) is 3.22. The van der Waals surface area contributed by atoms with Crippen LogP contribution in [0.1, 0.15) is 57.7 Å². The molecule has 38 heavy (non-hydrogen) atoms. The minimum absolute atomic E-state index is 0.0555. The number of carbonyl (C=O) groups excluding carboxylic acids is 1. The number of amides is 1. The van der Waals surface area contributed by atoms with Crippen LogP contribution in [0.4, 0.5) is 14.5 Å². The van der Waals surface area contributed by atoms with E-state index in [9.17, 15) is 22.0 Å². The van der Waals surface area contributed by atoms with Crippen molar-refractivity contribution < 1.29 is 22.0 Å². The lowest BCUT2D eigenvalue weighted by molar-refractivity contribution is -0.114. The highest BCUT2D eigenvalue weighted by Gasteiger charge is 2.64. The summed E-state index contributed by atoms with van der Waals surface area (Å²) in [6.45, 7) is 7.86. The van der Waals surface area contributed by atoms with Gasteiger partial charge in [0.2, 0.25) is 15.9 Å². The molecule has 0 unspecified atom stereocenters. The zero-order valence-corrected chi connectivity index (χ0v) is 22.6. The number of nitrogens with zero attached hydrogens (tertiary/aromatic N) is 3. The predicted molar refractivity (Wildman–Crippen MR) is 140 cm³/mol. The number of halogens is 2. The summed E-state index contributed by atoms with van der Waals surface area (Å²) in [5, 5.41) is 11.4. The van der Waals surface area contributed by atoms with E-state index in [2.05, 4.69) is 29.4 Å². The molecule has 2 atom stereocenters.